The van der Waals surface area contributed by atoms with E-state index < -0.39 is 0 Å². The Morgan fingerprint density at radius 1 is 0.973 bits per heavy atom. The largest absolute Gasteiger partial charge is 0.382 e. The summed E-state index contributed by atoms with van der Waals surface area (Å²) >= 11 is 0. The van der Waals surface area contributed by atoms with Gasteiger partial charge in [0, 0.05) is 35.0 Å². The number of fused-ring (bicyclic) bond motifs is 1. The third kappa shape index (κ3) is 5.25. The van der Waals surface area contributed by atoms with Crippen molar-refractivity contribution in [1.82, 2.24) is 24.6 Å². The van der Waals surface area contributed by atoms with Gasteiger partial charge in [0.15, 0.2) is 5.82 Å². The van der Waals surface area contributed by atoms with E-state index in [4.69, 9.17) is 0 Å². The average molecular weight is 498 g/mol. The van der Waals surface area contributed by atoms with Gasteiger partial charge >= 0.3 is 0 Å². The number of imidazole rings is 1. The predicted octanol–water partition coefficient (Wildman–Crippen LogP) is 5.69. The molecule has 1 saturated carbocycles. The Hall–Kier alpha value is -3.65. The number of likely N-dealkylation sites (tertiary alicyclic amines) is 1. The summed E-state index contributed by atoms with van der Waals surface area (Å²) < 4.78 is 2.34. The molecule has 1 aliphatic heterocycles. The summed E-state index contributed by atoms with van der Waals surface area (Å²) in [4.78, 5) is 19.8. The SMILES string of the molecule is CN1CCC(Nc2ccc(C(=O)Nc3cc(-c4ccc5ncn(C6CCCCC6)c5c4)[nH]n3)cc2)CC1. The smallest absolute Gasteiger partial charge is 0.256 e. The number of hydrogen-bond acceptors (Lipinski definition) is 5. The van der Waals surface area contributed by atoms with E-state index in [0.29, 0.717) is 23.5 Å². The van der Waals surface area contributed by atoms with Crippen LogP contribution in [0.15, 0.2) is 54.9 Å². The number of rotatable bonds is 6. The second-order valence-electron chi connectivity index (χ2n) is 10.6. The molecule has 2 aromatic heterocycles. The molecule has 1 aliphatic carbocycles. The number of H-pyrrole nitrogens is 1. The molecular weight excluding hydrogens is 462 g/mol. The first kappa shape index (κ1) is 23.7. The Labute approximate surface area is 217 Å². The molecule has 0 unspecified atom stereocenters. The van der Waals surface area contributed by atoms with Crippen molar-refractivity contribution < 1.29 is 4.79 Å². The van der Waals surface area contributed by atoms with Crippen molar-refractivity contribution in [3.8, 4) is 11.3 Å². The van der Waals surface area contributed by atoms with Crippen LogP contribution >= 0.6 is 0 Å². The van der Waals surface area contributed by atoms with Crippen LogP contribution in [0.25, 0.3) is 22.3 Å². The first-order valence-electron chi connectivity index (χ1n) is 13.5. The Morgan fingerprint density at radius 3 is 2.54 bits per heavy atom. The highest BCUT2D eigenvalue weighted by atomic mass is 16.1. The number of carbonyl (C=O) groups excluding carboxylic acids is 1. The molecule has 2 fully saturated rings. The van der Waals surface area contributed by atoms with E-state index >= 15 is 0 Å². The quantitative estimate of drug-likeness (QED) is 0.318. The second-order valence-corrected chi connectivity index (χ2v) is 10.6. The molecule has 2 aromatic carbocycles. The Kier molecular flexibility index (Phi) is 6.66. The fourth-order valence-corrected chi connectivity index (χ4v) is 5.67. The van der Waals surface area contributed by atoms with Crippen LogP contribution in [0.4, 0.5) is 11.5 Å². The number of carbonyl (C=O) groups is 1. The number of aromatic nitrogens is 4. The lowest BCUT2D eigenvalue weighted by Crippen LogP contribution is -2.36. The third-order valence-corrected chi connectivity index (χ3v) is 7.91. The molecule has 8 nitrogen and oxygen atoms in total. The Balaban J connectivity index is 1.12. The highest BCUT2D eigenvalue weighted by Gasteiger charge is 2.19. The molecular formula is C29H35N7O. The minimum Gasteiger partial charge on any atom is -0.382 e. The maximum atomic E-state index is 12.9. The number of amides is 1. The maximum Gasteiger partial charge on any atom is 0.256 e. The number of nitrogens with zero attached hydrogens (tertiary/aromatic N) is 4. The predicted molar refractivity (Wildman–Crippen MR) is 148 cm³/mol. The van der Waals surface area contributed by atoms with Crippen LogP contribution in [-0.4, -0.2) is 56.7 Å². The van der Waals surface area contributed by atoms with E-state index in [1.54, 1.807) is 0 Å². The number of anilines is 2. The zero-order chi connectivity index (χ0) is 25.2. The standard InChI is InChI=1S/C29H35N7O/c1-35-15-13-23(14-16-35)31-22-10-7-20(8-11-22)29(37)32-28-18-26(33-34-28)21-9-12-25-27(17-21)36(19-30-25)24-5-3-2-4-6-24/h7-12,17-19,23-24,31H,2-6,13-16H2,1H3,(H2,32,33,34,37). The normalized spacial score (nSPS) is 17.8. The van der Waals surface area contributed by atoms with Gasteiger partial charge in [-0.2, -0.15) is 5.10 Å². The van der Waals surface area contributed by atoms with E-state index in [-0.39, 0.29) is 5.91 Å². The minimum atomic E-state index is -0.172. The lowest BCUT2D eigenvalue weighted by atomic mass is 9.95. The van der Waals surface area contributed by atoms with E-state index in [1.807, 2.05) is 36.7 Å². The van der Waals surface area contributed by atoms with Crippen molar-refractivity contribution in [1.29, 1.82) is 0 Å². The van der Waals surface area contributed by atoms with Crippen LogP contribution in [0.5, 0.6) is 0 Å². The van der Waals surface area contributed by atoms with Crippen LogP contribution in [0, 0.1) is 0 Å². The highest BCUT2D eigenvalue weighted by Crippen LogP contribution is 2.32. The van der Waals surface area contributed by atoms with Crippen LogP contribution in [0.1, 0.15) is 61.3 Å². The number of piperidine rings is 1. The first-order valence-corrected chi connectivity index (χ1v) is 13.5. The number of aromatic amines is 1. The Morgan fingerprint density at radius 2 is 1.76 bits per heavy atom. The number of hydrogen-bond donors (Lipinski definition) is 3. The van der Waals surface area contributed by atoms with Gasteiger partial charge in [0.1, 0.15) is 0 Å². The summed E-state index contributed by atoms with van der Waals surface area (Å²) in [7, 11) is 2.16. The molecule has 2 aliphatic rings. The van der Waals surface area contributed by atoms with Crippen molar-refractivity contribution in [2.45, 2.75) is 57.0 Å². The van der Waals surface area contributed by atoms with E-state index in [2.05, 4.69) is 60.5 Å². The van der Waals surface area contributed by atoms with Gasteiger partial charge < -0.3 is 20.1 Å². The monoisotopic (exact) mass is 497 g/mol. The number of nitrogens with one attached hydrogen (secondary N) is 3. The van der Waals surface area contributed by atoms with Crippen molar-refractivity contribution in [3.63, 3.8) is 0 Å². The van der Waals surface area contributed by atoms with Crippen LogP contribution in [-0.2, 0) is 0 Å². The molecule has 3 N–H and O–H groups in total. The van der Waals surface area contributed by atoms with E-state index in [9.17, 15) is 4.79 Å². The fraction of sp³-hybridized carbons (Fsp3) is 0.414. The molecule has 0 atom stereocenters. The molecule has 1 saturated heterocycles. The van der Waals surface area contributed by atoms with Crippen molar-refractivity contribution in [2.75, 3.05) is 30.8 Å². The molecule has 1 amide bonds. The molecule has 6 rings (SSSR count). The summed E-state index contributed by atoms with van der Waals surface area (Å²) in [5.74, 6) is 0.337. The first-order chi connectivity index (χ1) is 18.1. The van der Waals surface area contributed by atoms with Gasteiger partial charge in [-0.15, -0.1) is 0 Å². The fourth-order valence-electron chi connectivity index (χ4n) is 5.67. The minimum absolute atomic E-state index is 0.172. The van der Waals surface area contributed by atoms with Gasteiger partial charge in [0.2, 0.25) is 0 Å². The van der Waals surface area contributed by atoms with Crippen LogP contribution < -0.4 is 10.6 Å². The van der Waals surface area contributed by atoms with Gasteiger partial charge in [-0.3, -0.25) is 9.89 Å². The molecule has 37 heavy (non-hydrogen) atoms. The number of benzene rings is 2. The summed E-state index contributed by atoms with van der Waals surface area (Å²) in [6, 6.07) is 16.9. The third-order valence-electron chi connectivity index (χ3n) is 7.91. The van der Waals surface area contributed by atoms with Gasteiger partial charge in [-0.1, -0.05) is 25.3 Å². The molecule has 0 spiro atoms. The van der Waals surface area contributed by atoms with Crippen LogP contribution in [0.3, 0.4) is 0 Å². The lowest BCUT2D eigenvalue weighted by molar-refractivity contribution is 0.102. The summed E-state index contributed by atoms with van der Waals surface area (Å²) in [5, 5.41) is 13.9. The molecule has 3 heterocycles. The van der Waals surface area contributed by atoms with E-state index in [1.165, 1.54) is 32.1 Å². The summed E-state index contributed by atoms with van der Waals surface area (Å²) in [5.41, 5.74) is 5.72. The molecule has 0 radical (unpaired) electrons. The van der Waals surface area contributed by atoms with Gasteiger partial charge in [-0.25, -0.2) is 4.98 Å². The lowest BCUT2D eigenvalue weighted by Gasteiger charge is -2.30. The summed E-state index contributed by atoms with van der Waals surface area (Å²) in [6.07, 6.45) is 10.6. The van der Waals surface area contributed by atoms with Crippen LogP contribution in [0.2, 0.25) is 0 Å². The van der Waals surface area contributed by atoms with Gasteiger partial charge in [0.05, 0.1) is 23.1 Å². The summed E-state index contributed by atoms with van der Waals surface area (Å²) in [6.45, 7) is 2.23. The molecule has 192 valence electrons. The maximum absolute atomic E-state index is 12.9. The Bertz CT molecular complexity index is 1360. The molecule has 4 aromatic rings. The van der Waals surface area contributed by atoms with Crippen molar-refractivity contribution in [2.24, 2.45) is 0 Å². The second kappa shape index (κ2) is 10.4. The van der Waals surface area contributed by atoms with Crippen molar-refractivity contribution >= 4 is 28.4 Å². The molecule has 8 heteroatoms. The van der Waals surface area contributed by atoms with Gasteiger partial charge in [-0.05, 0) is 82.2 Å². The molecule has 0 bridgehead atoms. The highest BCUT2D eigenvalue weighted by molar-refractivity contribution is 6.04. The average Bonchev–Trinajstić information content (AvgIpc) is 3.58. The van der Waals surface area contributed by atoms with E-state index in [0.717, 1.165) is 53.9 Å². The topological polar surface area (TPSA) is 90.9 Å². The zero-order valence-electron chi connectivity index (χ0n) is 21.4. The zero-order valence-corrected chi connectivity index (χ0v) is 21.4. The van der Waals surface area contributed by atoms with Gasteiger partial charge in [0.25, 0.3) is 5.91 Å². The van der Waals surface area contributed by atoms with Crippen molar-refractivity contribution in [3.05, 3.63) is 60.4 Å².